The van der Waals surface area contributed by atoms with Gasteiger partial charge >= 0.3 is 5.69 Å². The van der Waals surface area contributed by atoms with Crippen LogP contribution < -0.4 is 16.4 Å². The highest BCUT2D eigenvalue weighted by atomic mass is 16.3. The molecule has 4 heterocycles. The van der Waals surface area contributed by atoms with E-state index < -0.39 is 34.7 Å². The molecule has 1 aliphatic heterocycles. The first-order valence-electron chi connectivity index (χ1n) is 10.8. The zero-order valence-electron chi connectivity index (χ0n) is 18.8. The number of nitrogens with zero attached hydrogens (tertiary/aromatic N) is 4. The number of aromatic nitrogens is 4. The van der Waals surface area contributed by atoms with E-state index in [1.165, 1.54) is 16.7 Å². The van der Waals surface area contributed by atoms with Crippen LogP contribution in [0.15, 0.2) is 34.0 Å². The molecule has 174 valence electrons. The third kappa shape index (κ3) is 3.69. The van der Waals surface area contributed by atoms with Gasteiger partial charge in [-0.25, -0.2) is 14.3 Å². The number of aromatic amines is 1. The molecule has 11 nitrogen and oxygen atoms in total. The molecule has 0 unspecified atom stereocenters. The Balaban J connectivity index is 1.79. The predicted octanol–water partition coefficient (Wildman–Crippen LogP) is 0.881. The summed E-state index contributed by atoms with van der Waals surface area (Å²) >= 11 is 0. The molecule has 0 spiro atoms. The summed E-state index contributed by atoms with van der Waals surface area (Å²) in [4.78, 5) is 52.3. The summed E-state index contributed by atoms with van der Waals surface area (Å²) in [5.41, 5.74) is -0.431. The average molecular weight is 454 g/mol. The summed E-state index contributed by atoms with van der Waals surface area (Å²) in [7, 11) is 0. The van der Waals surface area contributed by atoms with Crippen LogP contribution in [0.3, 0.4) is 0 Å². The Bertz CT molecular complexity index is 1370. The molecule has 0 saturated carbocycles. The van der Waals surface area contributed by atoms with Gasteiger partial charge in [0.25, 0.3) is 11.8 Å². The van der Waals surface area contributed by atoms with Gasteiger partial charge in [0.05, 0.1) is 11.6 Å². The number of amides is 2. The highest BCUT2D eigenvalue weighted by Crippen LogP contribution is 2.29. The lowest BCUT2D eigenvalue weighted by atomic mass is 9.97. The second-order valence-electron chi connectivity index (χ2n) is 8.71. The predicted molar refractivity (Wildman–Crippen MR) is 119 cm³/mol. The molecule has 11 heteroatoms. The van der Waals surface area contributed by atoms with Crippen LogP contribution in [0.25, 0.3) is 5.65 Å². The van der Waals surface area contributed by atoms with E-state index in [0.29, 0.717) is 18.8 Å². The number of hydrogen-bond acceptors (Lipinski definition) is 6. The van der Waals surface area contributed by atoms with Gasteiger partial charge in [0.1, 0.15) is 0 Å². The van der Waals surface area contributed by atoms with Crippen molar-refractivity contribution in [1.29, 1.82) is 0 Å². The number of carbonyl (C=O) groups is 2. The molecule has 0 radical (unpaired) electrons. The summed E-state index contributed by atoms with van der Waals surface area (Å²) in [6, 6.07) is 3.64. The third-order valence-corrected chi connectivity index (χ3v) is 5.93. The summed E-state index contributed by atoms with van der Waals surface area (Å²) in [6.45, 7) is 8.26. The van der Waals surface area contributed by atoms with Gasteiger partial charge < -0.3 is 19.9 Å². The summed E-state index contributed by atoms with van der Waals surface area (Å²) in [6.07, 6.45) is 1.50. The van der Waals surface area contributed by atoms with Gasteiger partial charge in [0.2, 0.25) is 5.43 Å². The van der Waals surface area contributed by atoms with Gasteiger partial charge in [-0.05, 0) is 31.9 Å². The molecule has 0 fully saturated rings. The van der Waals surface area contributed by atoms with E-state index in [1.807, 2.05) is 27.7 Å². The Morgan fingerprint density at radius 3 is 2.58 bits per heavy atom. The SMILES string of the molecule is CC(C)[C@H](NC(=O)c1cccn2c(=O)[nH]nc12)c1cc(=O)c(O)c2n1CCN(C(C)C)C2=O. The van der Waals surface area contributed by atoms with Crippen LogP contribution in [0, 0.1) is 5.92 Å². The Kier molecular flexibility index (Phi) is 5.56. The molecule has 3 aromatic rings. The molecule has 0 aromatic carbocycles. The minimum Gasteiger partial charge on any atom is -0.503 e. The molecule has 2 amide bonds. The maximum atomic E-state index is 13.2. The van der Waals surface area contributed by atoms with Crippen LogP contribution in [0.5, 0.6) is 5.75 Å². The van der Waals surface area contributed by atoms with Crippen molar-refractivity contribution in [2.45, 2.75) is 46.3 Å². The standard InChI is InChI=1S/C22H26N6O5/c1-11(2)16(23-20(31)13-6-5-7-28-19(13)24-25-22(28)33)14-10-15(29)18(30)17-21(32)26(12(3)4)8-9-27(14)17/h5-7,10-12,16,30H,8-9H2,1-4H3,(H,23,31)(H,25,33)/t16-/m0/s1. The van der Waals surface area contributed by atoms with Crippen molar-refractivity contribution in [3.05, 3.63) is 62.1 Å². The van der Waals surface area contributed by atoms with E-state index in [-0.39, 0.29) is 28.9 Å². The van der Waals surface area contributed by atoms with E-state index in [4.69, 9.17) is 0 Å². The van der Waals surface area contributed by atoms with Gasteiger partial charge in [-0.15, -0.1) is 0 Å². The van der Waals surface area contributed by atoms with Crippen molar-refractivity contribution >= 4 is 17.5 Å². The molecule has 3 N–H and O–H groups in total. The summed E-state index contributed by atoms with van der Waals surface area (Å²) < 4.78 is 2.84. The number of carbonyl (C=O) groups excluding carboxylic acids is 2. The van der Waals surface area contributed by atoms with Crippen molar-refractivity contribution in [2.24, 2.45) is 5.92 Å². The average Bonchev–Trinajstić information content (AvgIpc) is 3.15. The van der Waals surface area contributed by atoms with Crippen molar-refractivity contribution in [3.8, 4) is 5.75 Å². The molecule has 1 atom stereocenters. The minimum atomic E-state index is -0.684. The Morgan fingerprint density at radius 2 is 1.91 bits per heavy atom. The van der Waals surface area contributed by atoms with Crippen LogP contribution >= 0.6 is 0 Å². The number of hydrogen-bond donors (Lipinski definition) is 3. The Morgan fingerprint density at radius 1 is 1.18 bits per heavy atom. The summed E-state index contributed by atoms with van der Waals surface area (Å²) in [5, 5.41) is 19.6. The van der Waals surface area contributed by atoms with Gasteiger partial charge in [0, 0.05) is 37.1 Å². The molecule has 33 heavy (non-hydrogen) atoms. The minimum absolute atomic E-state index is 0.0710. The lowest BCUT2D eigenvalue weighted by Crippen LogP contribution is -2.47. The van der Waals surface area contributed by atoms with Crippen molar-refractivity contribution in [3.63, 3.8) is 0 Å². The lowest BCUT2D eigenvalue weighted by molar-refractivity contribution is 0.0637. The van der Waals surface area contributed by atoms with Crippen molar-refractivity contribution in [2.75, 3.05) is 6.54 Å². The second-order valence-corrected chi connectivity index (χ2v) is 8.71. The smallest absolute Gasteiger partial charge is 0.347 e. The maximum absolute atomic E-state index is 13.2. The number of pyridine rings is 2. The fourth-order valence-corrected chi connectivity index (χ4v) is 4.22. The Labute approximate surface area is 188 Å². The monoisotopic (exact) mass is 454 g/mol. The van der Waals surface area contributed by atoms with Crippen LogP contribution in [0.2, 0.25) is 0 Å². The zero-order valence-corrected chi connectivity index (χ0v) is 18.8. The lowest BCUT2D eigenvalue weighted by Gasteiger charge is -2.36. The molecular formula is C22H26N6O5. The van der Waals surface area contributed by atoms with Crippen molar-refractivity contribution < 1.29 is 14.7 Å². The van der Waals surface area contributed by atoms with E-state index in [0.717, 1.165) is 0 Å². The highest BCUT2D eigenvalue weighted by Gasteiger charge is 2.34. The molecular weight excluding hydrogens is 428 g/mol. The Hall–Kier alpha value is -3.89. The number of fused-ring (bicyclic) bond motifs is 2. The van der Waals surface area contributed by atoms with Crippen molar-refractivity contribution in [1.82, 2.24) is 29.4 Å². The first-order chi connectivity index (χ1) is 15.6. The van der Waals surface area contributed by atoms with E-state index in [9.17, 15) is 24.3 Å². The van der Waals surface area contributed by atoms with Gasteiger partial charge in [-0.2, -0.15) is 5.10 Å². The third-order valence-electron chi connectivity index (χ3n) is 5.93. The van der Waals surface area contributed by atoms with Gasteiger partial charge in [-0.1, -0.05) is 13.8 Å². The van der Waals surface area contributed by atoms with E-state index in [1.54, 1.807) is 21.6 Å². The number of aromatic hydroxyl groups is 1. The molecule has 0 saturated heterocycles. The quantitative estimate of drug-likeness (QED) is 0.523. The molecule has 4 rings (SSSR count). The normalized spacial score (nSPS) is 14.7. The fourth-order valence-electron chi connectivity index (χ4n) is 4.22. The molecule has 3 aromatic heterocycles. The van der Waals surface area contributed by atoms with E-state index in [2.05, 4.69) is 15.5 Å². The first-order valence-corrected chi connectivity index (χ1v) is 10.8. The van der Waals surface area contributed by atoms with Gasteiger partial charge in [0.15, 0.2) is 17.1 Å². The number of H-pyrrole nitrogens is 1. The molecule has 0 aliphatic carbocycles. The van der Waals surface area contributed by atoms with Crippen LogP contribution in [-0.2, 0) is 6.54 Å². The molecule has 1 aliphatic rings. The number of rotatable bonds is 5. The van der Waals surface area contributed by atoms with Crippen LogP contribution in [-0.4, -0.2) is 53.6 Å². The summed E-state index contributed by atoms with van der Waals surface area (Å²) in [5.74, 6) is -1.67. The van der Waals surface area contributed by atoms with Gasteiger partial charge in [-0.3, -0.25) is 14.4 Å². The highest BCUT2D eigenvalue weighted by molar-refractivity contribution is 6.00. The van der Waals surface area contributed by atoms with Crippen LogP contribution in [0.1, 0.15) is 60.3 Å². The van der Waals surface area contributed by atoms with E-state index >= 15 is 0 Å². The maximum Gasteiger partial charge on any atom is 0.347 e. The zero-order chi connectivity index (χ0) is 24.0. The van der Waals surface area contributed by atoms with Crippen LogP contribution in [0.4, 0.5) is 0 Å². The number of nitrogens with one attached hydrogen (secondary N) is 2. The second kappa shape index (κ2) is 8.23. The fraction of sp³-hybridized carbons (Fsp3) is 0.409. The topological polar surface area (TPSA) is 142 Å². The molecule has 0 bridgehead atoms. The largest absolute Gasteiger partial charge is 0.503 e. The first kappa shape index (κ1) is 22.3.